The molecule has 0 saturated carbocycles. The van der Waals surface area contributed by atoms with Gasteiger partial charge in [0.25, 0.3) is 0 Å². The van der Waals surface area contributed by atoms with E-state index in [1.54, 1.807) is 11.9 Å². The zero-order valence-electron chi connectivity index (χ0n) is 9.67. The first-order chi connectivity index (χ1) is 6.45. The molecule has 0 bridgehead atoms. The number of ether oxygens (including phenoxy) is 1. The van der Waals surface area contributed by atoms with Crippen LogP contribution in [0.4, 0.5) is 0 Å². The second-order valence-corrected chi connectivity index (χ2v) is 3.91. The van der Waals surface area contributed by atoms with E-state index >= 15 is 0 Å². The predicted molar refractivity (Wildman–Crippen MR) is 57.9 cm³/mol. The maximum atomic E-state index is 11.4. The largest absolute Gasteiger partial charge is 0.381 e. The molecule has 0 aliphatic rings. The SMILES string of the molecule is C=C(C)N(C)C(=O)CCOCC(C)C. The number of carbonyl (C=O) groups excluding carboxylic acids is 1. The lowest BCUT2D eigenvalue weighted by atomic mass is 10.2. The summed E-state index contributed by atoms with van der Waals surface area (Å²) in [7, 11) is 1.73. The van der Waals surface area contributed by atoms with E-state index < -0.39 is 0 Å². The lowest BCUT2D eigenvalue weighted by molar-refractivity contribution is -0.129. The molecule has 0 spiro atoms. The van der Waals surface area contributed by atoms with E-state index in [0.29, 0.717) is 25.6 Å². The van der Waals surface area contributed by atoms with Crippen LogP contribution in [-0.2, 0) is 9.53 Å². The van der Waals surface area contributed by atoms with Gasteiger partial charge in [-0.3, -0.25) is 4.79 Å². The Morgan fingerprint density at radius 1 is 1.50 bits per heavy atom. The molecule has 3 heteroatoms. The van der Waals surface area contributed by atoms with Gasteiger partial charge in [0, 0.05) is 19.4 Å². The van der Waals surface area contributed by atoms with Crippen molar-refractivity contribution in [3.05, 3.63) is 12.3 Å². The molecule has 0 aromatic carbocycles. The highest BCUT2D eigenvalue weighted by atomic mass is 16.5. The van der Waals surface area contributed by atoms with Crippen LogP contribution in [0.1, 0.15) is 27.2 Å². The van der Waals surface area contributed by atoms with Crippen molar-refractivity contribution in [3.8, 4) is 0 Å². The van der Waals surface area contributed by atoms with Crippen LogP contribution in [0.15, 0.2) is 12.3 Å². The van der Waals surface area contributed by atoms with Crippen molar-refractivity contribution in [2.45, 2.75) is 27.2 Å². The van der Waals surface area contributed by atoms with Crippen LogP contribution >= 0.6 is 0 Å². The highest BCUT2D eigenvalue weighted by molar-refractivity contribution is 5.77. The van der Waals surface area contributed by atoms with Gasteiger partial charge < -0.3 is 9.64 Å². The first-order valence-electron chi connectivity index (χ1n) is 4.95. The minimum absolute atomic E-state index is 0.0567. The Kier molecular flexibility index (Phi) is 6.21. The Morgan fingerprint density at radius 2 is 2.07 bits per heavy atom. The Labute approximate surface area is 86.7 Å². The van der Waals surface area contributed by atoms with Crippen LogP contribution < -0.4 is 0 Å². The van der Waals surface area contributed by atoms with Crippen LogP contribution in [0, 0.1) is 5.92 Å². The van der Waals surface area contributed by atoms with Crippen LogP contribution in [0.5, 0.6) is 0 Å². The van der Waals surface area contributed by atoms with Gasteiger partial charge in [-0.1, -0.05) is 20.4 Å². The summed E-state index contributed by atoms with van der Waals surface area (Å²) < 4.78 is 5.32. The fourth-order valence-electron chi connectivity index (χ4n) is 0.859. The van der Waals surface area contributed by atoms with Crippen LogP contribution in [0.3, 0.4) is 0 Å². The van der Waals surface area contributed by atoms with Gasteiger partial charge >= 0.3 is 0 Å². The van der Waals surface area contributed by atoms with Crippen molar-refractivity contribution >= 4 is 5.91 Å². The summed E-state index contributed by atoms with van der Waals surface area (Å²) in [6, 6.07) is 0. The topological polar surface area (TPSA) is 29.5 Å². The predicted octanol–water partition coefficient (Wildman–Crippen LogP) is 2.04. The molecule has 0 aromatic heterocycles. The zero-order valence-corrected chi connectivity index (χ0v) is 9.67. The standard InChI is InChI=1S/C11H21NO2/c1-9(2)8-14-7-6-11(13)12(5)10(3)4/h9H,3,6-8H2,1-2,4-5H3. The quantitative estimate of drug-likeness (QED) is 0.613. The van der Waals surface area contributed by atoms with E-state index in [1.807, 2.05) is 6.92 Å². The minimum atomic E-state index is 0.0567. The van der Waals surface area contributed by atoms with E-state index in [-0.39, 0.29) is 5.91 Å². The molecule has 3 nitrogen and oxygen atoms in total. The molecule has 14 heavy (non-hydrogen) atoms. The molecule has 0 radical (unpaired) electrons. The monoisotopic (exact) mass is 199 g/mol. The van der Waals surface area contributed by atoms with Gasteiger partial charge in [-0.2, -0.15) is 0 Å². The van der Waals surface area contributed by atoms with Gasteiger partial charge in [0.2, 0.25) is 5.91 Å². The maximum absolute atomic E-state index is 11.4. The Hall–Kier alpha value is -0.830. The minimum Gasteiger partial charge on any atom is -0.381 e. The molecule has 0 aromatic rings. The maximum Gasteiger partial charge on any atom is 0.228 e. The Bertz CT molecular complexity index is 199. The second-order valence-electron chi connectivity index (χ2n) is 3.91. The molecule has 0 aliphatic heterocycles. The number of hydrogen-bond acceptors (Lipinski definition) is 2. The highest BCUT2D eigenvalue weighted by Gasteiger charge is 2.08. The van der Waals surface area contributed by atoms with E-state index in [4.69, 9.17) is 4.74 Å². The molecule has 0 aliphatic carbocycles. The lowest BCUT2D eigenvalue weighted by Gasteiger charge is -2.16. The summed E-state index contributed by atoms with van der Waals surface area (Å²) in [6.45, 7) is 10.9. The fraction of sp³-hybridized carbons (Fsp3) is 0.727. The molecule has 0 N–H and O–H groups in total. The molecule has 0 fully saturated rings. The lowest BCUT2D eigenvalue weighted by Crippen LogP contribution is -2.25. The molecule has 0 rings (SSSR count). The normalized spacial score (nSPS) is 10.4. The molecule has 0 saturated heterocycles. The van der Waals surface area contributed by atoms with Crippen LogP contribution in [-0.4, -0.2) is 31.1 Å². The number of carbonyl (C=O) groups is 1. The number of nitrogens with zero attached hydrogens (tertiary/aromatic N) is 1. The third-order valence-corrected chi connectivity index (χ3v) is 1.86. The van der Waals surface area contributed by atoms with Crippen molar-refractivity contribution in [1.29, 1.82) is 0 Å². The van der Waals surface area contributed by atoms with Crippen molar-refractivity contribution in [3.63, 3.8) is 0 Å². The summed E-state index contributed by atoms with van der Waals surface area (Å²) in [5, 5.41) is 0. The van der Waals surface area contributed by atoms with Gasteiger partial charge in [-0.15, -0.1) is 0 Å². The third-order valence-electron chi connectivity index (χ3n) is 1.86. The van der Waals surface area contributed by atoms with E-state index in [0.717, 1.165) is 5.70 Å². The first kappa shape index (κ1) is 13.2. The summed E-state index contributed by atoms with van der Waals surface area (Å²) in [5.41, 5.74) is 0.763. The molecule has 1 amide bonds. The Balaban J connectivity index is 3.59. The molecular formula is C11H21NO2. The van der Waals surface area contributed by atoms with Gasteiger partial charge in [0.05, 0.1) is 13.0 Å². The van der Waals surface area contributed by atoms with Crippen molar-refractivity contribution in [2.75, 3.05) is 20.3 Å². The van der Waals surface area contributed by atoms with Crippen LogP contribution in [0.25, 0.3) is 0 Å². The fourth-order valence-corrected chi connectivity index (χ4v) is 0.859. The van der Waals surface area contributed by atoms with Crippen molar-refractivity contribution in [2.24, 2.45) is 5.92 Å². The molecule has 0 unspecified atom stereocenters. The number of hydrogen-bond donors (Lipinski definition) is 0. The summed E-state index contributed by atoms with van der Waals surface area (Å²) in [4.78, 5) is 13.0. The van der Waals surface area contributed by atoms with Gasteiger partial charge in [-0.25, -0.2) is 0 Å². The molecule has 82 valence electrons. The van der Waals surface area contributed by atoms with Gasteiger partial charge in [0.1, 0.15) is 0 Å². The van der Waals surface area contributed by atoms with E-state index in [1.165, 1.54) is 0 Å². The summed E-state index contributed by atoms with van der Waals surface area (Å²) in [5.74, 6) is 0.574. The molecule has 0 heterocycles. The zero-order chi connectivity index (χ0) is 11.1. The van der Waals surface area contributed by atoms with Gasteiger partial charge in [-0.05, 0) is 12.8 Å². The summed E-state index contributed by atoms with van der Waals surface area (Å²) >= 11 is 0. The molecule has 0 atom stereocenters. The second kappa shape index (κ2) is 6.60. The van der Waals surface area contributed by atoms with Crippen LogP contribution in [0.2, 0.25) is 0 Å². The van der Waals surface area contributed by atoms with E-state index in [2.05, 4.69) is 20.4 Å². The Morgan fingerprint density at radius 3 is 2.50 bits per heavy atom. The van der Waals surface area contributed by atoms with E-state index in [9.17, 15) is 4.79 Å². The third kappa shape index (κ3) is 5.75. The van der Waals surface area contributed by atoms with Crippen molar-refractivity contribution in [1.82, 2.24) is 4.90 Å². The first-order valence-corrected chi connectivity index (χ1v) is 4.95. The molecular weight excluding hydrogens is 178 g/mol. The highest BCUT2D eigenvalue weighted by Crippen LogP contribution is 2.00. The van der Waals surface area contributed by atoms with Gasteiger partial charge in [0.15, 0.2) is 0 Å². The number of allylic oxidation sites excluding steroid dienone is 1. The number of rotatable bonds is 6. The number of amides is 1. The smallest absolute Gasteiger partial charge is 0.228 e. The summed E-state index contributed by atoms with van der Waals surface area (Å²) in [6.07, 6.45) is 0.427. The average Bonchev–Trinajstić information content (AvgIpc) is 2.10. The van der Waals surface area contributed by atoms with Crippen molar-refractivity contribution < 1.29 is 9.53 Å². The average molecular weight is 199 g/mol.